The van der Waals surface area contributed by atoms with Crippen LogP contribution >= 0.6 is 22.6 Å². The standard InChI is InChI=1S/C22H24ClN3O2S/c1-24-16-15-20(17-7-3-2-4-8-17)26-22-10-6-5-9-21(22)25(29(26,27)28)19-13-11-18(23)12-14-19/h2-14,20,24,27-28H,15-16H2,1H3. The van der Waals surface area contributed by atoms with E-state index in [2.05, 4.69) is 5.32 Å². The molecule has 1 aliphatic heterocycles. The fourth-order valence-corrected chi connectivity index (χ4v) is 5.86. The highest BCUT2D eigenvalue weighted by atomic mass is 35.5. The van der Waals surface area contributed by atoms with Gasteiger partial charge in [-0.05, 0) is 72.9 Å². The smallest absolute Gasteiger partial charge is 0.0896 e. The molecule has 1 aliphatic rings. The largest absolute Gasteiger partial charge is 0.320 e. The Morgan fingerprint density at radius 3 is 2.17 bits per heavy atom. The Morgan fingerprint density at radius 1 is 0.897 bits per heavy atom. The number of anilines is 3. The van der Waals surface area contributed by atoms with Crippen LogP contribution in [0.25, 0.3) is 0 Å². The van der Waals surface area contributed by atoms with E-state index in [0.717, 1.165) is 29.9 Å². The zero-order chi connectivity index (χ0) is 20.4. The van der Waals surface area contributed by atoms with Gasteiger partial charge < -0.3 is 5.32 Å². The van der Waals surface area contributed by atoms with Crippen molar-refractivity contribution in [3.63, 3.8) is 0 Å². The molecule has 0 saturated heterocycles. The molecule has 7 heteroatoms. The third-order valence-electron chi connectivity index (χ3n) is 5.04. The maximum Gasteiger partial charge on any atom is 0.0896 e. The molecule has 3 N–H and O–H groups in total. The first kappa shape index (κ1) is 20.1. The van der Waals surface area contributed by atoms with E-state index in [4.69, 9.17) is 11.6 Å². The summed E-state index contributed by atoms with van der Waals surface area (Å²) < 4.78 is 26.4. The van der Waals surface area contributed by atoms with Crippen LogP contribution in [-0.4, -0.2) is 22.7 Å². The number of nitrogens with zero attached hydrogens (tertiary/aromatic N) is 2. The van der Waals surface area contributed by atoms with Gasteiger partial charge in [0.15, 0.2) is 0 Å². The van der Waals surface area contributed by atoms with Gasteiger partial charge in [-0.25, -0.2) is 8.61 Å². The van der Waals surface area contributed by atoms with E-state index in [1.807, 2.05) is 73.8 Å². The average molecular weight is 430 g/mol. The van der Waals surface area contributed by atoms with Crippen molar-refractivity contribution in [2.24, 2.45) is 0 Å². The summed E-state index contributed by atoms with van der Waals surface area (Å²) in [4.78, 5) is 0. The second-order valence-electron chi connectivity index (χ2n) is 6.89. The number of fused-ring (bicyclic) bond motifs is 1. The van der Waals surface area contributed by atoms with Crippen molar-refractivity contribution in [3.8, 4) is 0 Å². The van der Waals surface area contributed by atoms with Crippen molar-refractivity contribution in [2.45, 2.75) is 12.5 Å². The Labute approximate surface area is 178 Å². The first-order valence-electron chi connectivity index (χ1n) is 9.46. The molecule has 0 aliphatic carbocycles. The van der Waals surface area contributed by atoms with Gasteiger partial charge in [-0.15, -0.1) is 0 Å². The average Bonchev–Trinajstić information content (AvgIpc) is 2.97. The summed E-state index contributed by atoms with van der Waals surface area (Å²) in [5.41, 5.74) is 3.29. The van der Waals surface area contributed by atoms with Crippen LogP contribution in [0.15, 0.2) is 78.9 Å². The van der Waals surface area contributed by atoms with Gasteiger partial charge in [0.2, 0.25) is 0 Å². The first-order chi connectivity index (χ1) is 14.0. The molecule has 1 atom stereocenters. The van der Waals surface area contributed by atoms with Gasteiger partial charge in [0.05, 0.1) is 23.1 Å². The SMILES string of the molecule is CNCCC(c1ccccc1)N1c2ccccc2N(c2ccc(Cl)cc2)S1(O)O. The van der Waals surface area contributed by atoms with Gasteiger partial charge in [0.25, 0.3) is 0 Å². The summed E-state index contributed by atoms with van der Waals surface area (Å²) in [5.74, 6) is 0. The minimum atomic E-state index is -3.33. The lowest BCUT2D eigenvalue weighted by Gasteiger charge is -2.47. The van der Waals surface area contributed by atoms with Gasteiger partial charge in [-0.3, -0.25) is 9.11 Å². The normalized spacial score (nSPS) is 17.1. The van der Waals surface area contributed by atoms with Crippen LogP contribution in [0.4, 0.5) is 17.1 Å². The lowest BCUT2D eigenvalue weighted by molar-refractivity contribution is 0.470. The summed E-state index contributed by atoms with van der Waals surface area (Å²) in [6.07, 6.45) is 0.721. The lowest BCUT2D eigenvalue weighted by atomic mass is 10.0. The molecule has 5 nitrogen and oxygen atoms in total. The lowest BCUT2D eigenvalue weighted by Crippen LogP contribution is -2.35. The van der Waals surface area contributed by atoms with Crippen LogP contribution in [-0.2, 0) is 0 Å². The quantitative estimate of drug-likeness (QED) is 0.433. The van der Waals surface area contributed by atoms with Gasteiger partial charge in [-0.2, -0.15) is 0 Å². The zero-order valence-corrected chi connectivity index (χ0v) is 17.6. The number of para-hydroxylation sites is 2. The Bertz CT molecular complexity index is 969. The van der Waals surface area contributed by atoms with Crippen molar-refractivity contribution in [2.75, 3.05) is 22.2 Å². The molecule has 3 aromatic rings. The highest BCUT2D eigenvalue weighted by Gasteiger charge is 2.45. The first-order valence-corrected chi connectivity index (χ1v) is 11.3. The Morgan fingerprint density at radius 2 is 1.52 bits per heavy atom. The van der Waals surface area contributed by atoms with E-state index >= 15 is 0 Å². The predicted molar refractivity (Wildman–Crippen MR) is 123 cm³/mol. The molecule has 152 valence electrons. The monoisotopic (exact) mass is 429 g/mol. The number of rotatable bonds is 6. The molecule has 1 heterocycles. The second kappa shape index (κ2) is 8.26. The minimum Gasteiger partial charge on any atom is -0.320 e. The third kappa shape index (κ3) is 3.70. The third-order valence-corrected chi connectivity index (χ3v) is 7.17. The van der Waals surface area contributed by atoms with Crippen LogP contribution < -0.4 is 13.9 Å². The Hall–Kier alpha value is -2.22. The number of benzene rings is 3. The van der Waals surface area contributed by atoms with Crippen LogP contribution in [0.5, 0.6) is 0 Å². The predicted octanol–water partition coefficient (Wildman–Crippen LogP) is 6.23. The summed E-state index contributed by atoms with van der Waals surface area (Å²) in [6, 6.07) is 24.6. The zero-order valence-electron chi connectivity index (χ0n) is 16.1. The molecule has 0 saturated carbocycles. The van der Waals surface area contributed by atoms with Crippen molar-refractivity contribution in [1.82, 2.24) is 5.32 Å². The second-order valence-corrected chi connectivity index (χ2v) is 9.07. The molecule has 0 spiro atoms. The van der Waals surface area contributed by atoms with E-state index in [9.17, 15) is 9.11 Å². The van der Waals surface area contributed by atoms with Gasteiger partial charge in [0.1, 0.15) is 0 Å². The molecular weight excluding hydrogens is 406 g/mol. The molecule has 4 rings (SSSR count). The van der Waals surface area contributed by atoms with Crippen LogP contribution in [0.1, 0.15) is 18.0 Å². The number of halogens is 1. The van der Waals surface area contributed by atoms with Crippen LogP contribution in [0, 0.1) is 0 Å². The fraction of sp³-hybridized carbons (Fsp3) is 0.182. The minimum absolute atomic E-state index is 0.202. The van der Waals surface area contributed by atoms with Gasteiger partial charge >= 0.3 is 0 Å². The molecule has 0 aromatic heterocycles. The van der Waals surface area contributed by atoms with Crippen molar-refractivity contribution in [1.29, 1.82) is 0 Å². The van der Waals surface area contributed by atoms with Crippen molar-refractivity contribution in [3.05, 3.63) is 89.4 Å². The molecular formula is C22H24ClN3O2S. The molecule has 0 amide bonds. The molecule has 29 heavy (non-hydrogen) atoms. The fourth-order valence-electron chi connectivity index (χ4n) is 3.75. The molecule has 0 fully saturated rings. The number of nitrogens with one attached hydrogen (secondary N) is 1. The van der Waals surface area contributed by atoms with Gasteiger partial charge in [0, 0.05) is 5.02 Å². The summed E-state index contributed by atoms with van der Waals surface area (Å²) >= 11 is 6.05. The molecule has 0 bridgehead atoms. The Balaban J connectivity index is 1.85. The van der Waals surface area contributed by atoms with Crippen molar-refractivity contribution < 1.29 is 9.11 Å². The summed E-state index contributed by atoms with van der Waals surface area (Å²) in [5, 5.41) is 3.79. The molecule has 1 unspecified atom stereocenters. The molecule has 3 aromatic carbocycles. The van der Waals surface area contributed by atoms with E-state index in [-0.39, 0.29) is 6.04 Å². The van der Waals surface area contributed by atoms with E-state index < -0.39 is 11.0 Å². The van der Waals surface area contributed by atoms with Crippen LogP contribution in [0.2, 0.25) is 5.02 Å². The number of hydrogen-bond donors (Lipinski definition) is 3. The molecule has 0 radical (unpaired) electrons. The highest BCUT2D eigenvalue weighted by Crippen LogP contribution is 2.66. The highest BCUT2D eigenvalue weighted by molar-refractivity contribution is 8.27. The summed E-state index contributed by atoms with van der Waals surface area (Å²) in [7, 11) is -1.43. The maximum absolute atomic E-state index is 11.5. The van der Waals surface area contributed by atoms with Gasteiger partial charge in [-0.1, -0.05) is 54.1 Å². The van der Waals surface area contributed by atoms with E-state index in [0.29, 0.717) is 10.7 Å². The summed E-state index contributed by atoms with van der Waals surface area (Å²) in [6.45, 7) is 0.745. The number of hydrogen-bond acceptors (Lipinski definition) is 5. The van der Waals surface area contributed by atoms with E-state index in [1.54, 1.807) is 20.7 Å². The van der Waals surface area contributed by atoms with Crippen LogP contribution in [0.3, 0.4) is 0 Å². The van der Waals surface area contributed by atoms with E-state index in [1.165, 1.54) is 0 Å². The Kier molecular flexibility index (Phi) is 5.72. The van der Waals surface area contributed by atoms with Crippen molar-refractivity contribution >= 4 is 39.6 Å². The topological polar surface area (TPSA) is 59.0 Å². The maximum atomic E-state index is 11.5.